The van der Waals surface area contributed by atoms with Crippen molar-refractivity contribution < 1.29 is 4.74 Å². The van der Waals surface area contributed by atoms with E-state index in [1.54, 1.807) is 7.11 Å². The zero-order valence-electron chi connectivity index (χ0n) is 6.35. The normalized spacial score (nSPS) is 10.7. The predicted molar refractivity (Wildman–Crippen MR) is 40.1 cm³/mol. The predicted octanol–water partition coefficient (Wildman–Crippen LogP) is 2.36. The van der Waals surface area contributed by atoms with Crippen LogP contribution in [0.3, 0.4) is 0 Å². The third kappa shape index (κ3) is 5.15. The molecule has 1 heteroatoms. The third-order valence-electron chi connectivity index (χ3n) is 0.929. The maximum Gasteiger partial charge on any atom is 0.111 e. The standard InChI is InChI=1S/C8H14O/c1-7(2)5-6-8(3)9-4/h5-7H,3H2,1-2,4H3/b6-5-. The summed E-state index contributed by atoms with van der Waals surface area (Å²) in [7, 11) is 1.62. The maximum absolute atomic E-state index is 4.82. The van der Waals surface area contributed by atoms with Gasteiger partial charge in [0.05, 0.1) is 7.11 Å². The Labute approximate surface area is 57.0 Å². The Morgan fingerprint density at radius 3 is 2.44 bits per heavy atom. The molecular weight excluding hydrogens is 112 g/mol. The van der Waals surface area contributed by atoms with Crippen molar-refractivity contribution >= 4 is 0 Å². The summed E-state index contributed by atoms with van der Waals surface area (Å²) in [5.41, 5.74) is 0. The Balaban J connectivity index is 3.57. The first-order chi connectivity index (χ1) is 4.16. The highest BCUT2D eigenvalue weighted by Crippen LogP contribution is 1.98. The molecule has 0 N–H and O–H groups in total. The highest BCUT2D eigenvalue weighted by atomic mass is 16.5. The van der Waals surface area contributed by atoms with E-state index < -0.39 is 0 Å². The quantitative estimate of drug-likeness (QED) is 0.416. The van der Waals surface area contributed by atoms with Gasteiger partial charge in [-0.05, 0) is 12.0 Å². The molecule has 1 nitrogen and oxygen atoms in total. The molecule has 0 aromatic carbocycles. The Bertz CT molecular complexity index is 112. The van der Waals surface area contributed by atoms with Crippen molar-refractivity contribution in [1.82, 2.24) is 0 Å². The van der Waals surface area contributed by atoms with Gasteiger partial charge in [-0.15, -0.1) is 0 Å². The maximum atomic E-state index is 4.82. The second kappa shape index (κ2) is 4.19. The van der Waals surface area contributed by atoms with Gasteiger partial charge in [0.25, 0.3) is 0 Å². The van der Waals surface area contributed by atoms with Crippen molar-refractivity contribution in [3.05, 3.63) is 24.5 Å². The molecule has 0 heterocycles. The number of methoxy groups -OCH3 is 1. The van der Waals surface area contributed by atoms with E-state index in [9.17, 15) is 0 Å². The first-order valence-electron chi connectivity index (χ1n) is 3.08. The fourth-order valence-corrected chi connectivity index (χ4v) is 0.368. The lowest BCUT2D eigenvalue weighted by Gasteiger charge is -1.96. The molecule has 0 spiro atoms. The van der Waals surface area contributed by atoms with Gasteiger partial charge in [-0.25, -0.2) is 0 Å². The average Bonchev–Trinajstić information content (AvgIpc) is 1.83. The molecule has 52 valence electrons. The molecular formula is C8H14O. The van der Waals surface area contributed by atoms with Crippen LogP contribution < -0.4 is 0 Å². The molecule has 0 aromatic rings. The van der Waals surface area contributed by atoms with E-state index in [0.717, 1.165) is 0 Å². The Hall–Kier alpha value is -0.720. The molecule has 0 amide bonds. The van der Waals surface area contributed by atoms with Gasteiger partial charge in [-0.2, -0.15) is 0 Å². The van der Waals surface area contributed by atoms with Crippen LogP contribution in [0, 0.1) is 5.92 Å². The molecule has 0 aliphatic heterocycles. The molecule has 0 aliphatic rings. The number of hydrogen-bond donors (Lipinski definition) is 0. The minimum Gasteiger partial charge on any atom is -0.497 e. The molecule has 0 rings (SSSR count). The fourth-order valence-electron chi connectivity index (χ4n) is 0.368. The summed E-state index contributed by atoms with van der Waals surface area (Å²) < 4.78 is 4.82. The summed E-state index contributed by atoms with van der Waals surface area (Å²) in [5.74, 6) is 1.28. The van der Waals surface area contributed by atoms with E-state index >= 15 is 0 Å². The minimum atomic E-state index is 0.567. The molecule has 0 atom stereocenters. The molecule has 0 saturated heterocycles. The van der Waals surface area contributed by atoms with Crippen LogP contribution in [0.2, 0.25) is 0 Å². The van der Waals surface area contributed by atoms with Crippen LogP contribution >= 0.6 is 0 Å². The molecule has 9 heavy (non-hydrogen) atoms. The van der Waals surface area contributed by atoms with Crippen LogP contribution in [0.5, 0.6) is 0 Å². The van der Waals surface area contributed by atoms with Crippen molar-refractivity contribution in [1.29, 1.82) is 0 Å². The third-order valence-corrected chi connectivity index (χ3v) is 0.929. The molecule has 0 saturated carbocycles. The van der Waals surface area contributed by atoms with Gasteiger partial charge < -0.3 is 4.74 Å². The summed E-state index contributed by atoms with van der Waals surface area (Å²) >= 11 is 0. The SMILES string of the molecule is C=C(/C=C\C(C)C)OC. The highest BCUT2D eigenvalue weighted by Gasteiger charge is 1.84. The Kier molecular flexibility index (Phi) is 3.85. The van der Waals surface area contributed by atoms with Crippen molar-refractivity contribution in [2.24, 2.45) is 5.92 Å². The van der Waals surface area contributed by atoms with Crippen molar-refractivity contribution in [3.8, 4) is 0 Å². The largest absolute Gasteiger partial charge is 0.497 e. The van der Waals surface area contributed by atoms with Gasteiger partial charge in [0.2, 0.25) is 0 Å². The molecule has 0 fully saturated rings. The molecule has 0 radical (unpaired) electrons. The van der Waals surface area contributed by atoms with Crippen LogP contribution in [0.1, 0.15) is 13.8 Å². The lowest BCUT2D eigenvalue weighted by molar-refractivity contribution is 0.308. The van der Waals surface area contributed by atoms with E-state index in [1.165, 1.54) is 0 Å². The summed E-state index contributed by atoms with van der Waals surface area (Å²) in [6.07, 6.45) is 3.93. The van der Waals surface area contributed by atoms with Gasteiger partial charge >= 0.3 is 0 Å². The Morgan fingerprint density at radius 1 is 1.56 bits per heavy atom. The van der Waals surface area contributed by atoms with Gasteiger partial charge in [-0.3, -0.25) is 0 Å². The lowest BCUT2D eigenvalue weighted by Crippen LogP contribution is -1.81. The van der Waals surface area contributed by atoms with Gasteiger partial charge in [0.1, 0.15) is 5.76 Å². The van der Waals surface area contributed by atoms with E-state index in [2.05, 4.69) is 20.4 Å². The Morgan fingerprint density at radius 2 is 2.11 bits per heavy atom. The summed E-state index contributed by atoms with van der Waals surface area (Å²) in [6, 6.07) is 0. The van der Waals surface area contributed by atoms with Gasteiger partial charge in [0.15, 0.2) is 0 Å². The van der Waals surface area contributed by atoms with Crippen LogP contribution in [-0.2, 0) is 4.74 Å². The summed E-state index contributed by atoms with van der Waals surface area (Å²) in [4.78, 5) is 0. The first kappa shape index (κ1) is 8.28. The monoisotopic (exact) mass is 126 g/mol. The van der Waals surface area contributed by atoms with E-state index in [4.69, 9.17) is 4.74 Å². The minimum absolute atomic E-state index is 0.567. The zero-order chi connectivity index (χ0) is 7.28. The first-order valence-corrected chi connectivity index (χ1v) is 3.08. The van der Waals surface area contributed by atoms with E-state index in [0.29, 0.717) is 11.7 Å². The topological polar surface area (TPSA) is 9.23 Å². The van der Waals surface area contributed by atoms with Crippen LogP contribution in [0.25, 0.3) is 0 Å². The van der Waals surface area contributed by atoms with E-state index in [1.807, 2.05) is 12.2 Å². The molecule has 0 aromatic heterocycles. The van der Waals surface area contributed by atoms with Crippen LogP contribution in [0.4, 0.5) is 0 Å². The van der Waals surface area contributed by atoms with Gasteiger partial charge in [0, 0.05) is 0 Å². The smallest absolute Gasteiger partial charge is 0.111 e. The highest BCUT2D eigenvalue weighted by molar-refractivity contribution is 5.07. The van der Waals surface area contributed by atoms with Crippen LogP contribution in [-0.4, -0.2) is 7.11 Å². The number of rotatable bonds is 3. The fraction of sp³-hybridized carbons (Fsp3) is 0.500. The van der Waals surface area contributed by atoms with Crippen LogP contribution in [0.15, 0.2) is 24.5 Å². The summed E-state index contributed by atoms with van der Waals surface area (Å²) in [5, 5.41) is 0. The molecule has 0 unspecified atom stereocenters. The molecule has 0 aliphatic carbocycles. The zero-order valence-corrected chi connectivity index (χ0v) is 6.35. The number of hydrogen-bond acceptors (Lipinski definition) is 1. The van der Waals surface area contributed by atoms with Crippen molar-refractivity contribution in [3.63, 3.8) is 0 Å². The van der Waals surface area contributed by atoms with Gasteiger partial charge in [-0.1, -0.05) is 26.5 Å². The van der Waals surface area contributed by atoms with Crippen molar-refractivity contribution in [2.45, 2.75) is 13.8 Å². The van der Waals surface area contributed by atoms with E-state index in [-0.39, 0.29) is 0 Å². The second-order valence-corrected chi connectivity index (χ2v) is 2.27. The molecule has 0 bridgehead atoms. The number of ether oxygens (including phenoxy) is 1. The number of allylic oxidation sites excluding steroid dienone is 2. The average molecular weight is 126 g/mol. The summed E-state index contributed by atoms with van der Waals surface area (Å²) in [6.45, 7) is 7.86. The van der Waals surface area contributed by atoms with Crippen molar-refractivity contribution in [2.75, 3.05) is 7.11 Å². The second-order valence-electron chi connectivity index (χ2n) is 2.27. The lowest BCUT2D eigenvalue weighted by atomic mass is 10.2.